The lowest BCUT2D eigenvalue weighted by molar-refractivity contribution is 0.0696. The van der Waals surface area contributed by atoms with Crippen LogP contribution >= 0.6 is 11.3 Å². The second-order valence-corrected chi connectivity index (χ2v) is 6.83. The maximum atomic E-state index is 12.6. The zero-order valence-electron chi connectivity index (χ0n) is 15.5. The lowest BCUT2D eigenvalue weighted by Crippen LogP contribution is -2.19. The van der Waals surface area contributed by atoms with Crippen LogP contribution in [-0.2, 0) is 0 Å². The van der Waals surface area contributed by atoms with Crippen LogP contribution in [0.15, 0.2) is 62.4 Å². The number of rotatable bonds is 5. The fraction of sp³-hybridized carbons (Fsp3) is 0.100. The zero-order valence-corrected chi connectivity index (χ0v) is 16.3. The number of carbonyl (C=O) groups is 1. The maximum absolute atomic E-state index is 12.6. The highest BCUT2D eigenvalue weighted by Crippen LogP contribution is 2.28. The van der Waals surface area contributed by atoms with Crippen LogP contribution < -0.4 is 15.0 Å². The lowest BCUT2D eigenvalue weighted by Gasteiger charge is -2.09. The summed E-state index contributed by atoms with van der Waals surface area (Å²) in [6, 6.07) is 9.75. The molecule has 3 aromatic heterocycles. The van der Waals surface area contributed by atoms with Gasteiger partial charge in [-0.05, 0) is 54.3 Å². The Kier molecular flexibility index (Phi) is 4.96. The van der Waals surface area contributed by atoms with Crippen molar-refractivity contribution >= 4 is 33.7 Å². The third-order valence-corrected chi connectivity index (χ3v) is 4.88. The molecule has 4 aromatic rings. The summed E-state index contributed by atoms with van der Waals surface area (Å²) in [5, 5.41) is 6.60. The Bertz CT molecular complexity index is 1270. The first-order valence-electron chi connectivity index (χ1n) is 8.52. The maximum Gasteiger partial charge on any atom is 0.379 e. The SMILES string of the molecule is COc1cc(C=Nn2c(C)nc3sccc3c2=O)ccc1OC(=O)c1ccco1. The highest BCUT2D eigenvalue weighted by molar-refractivity contribution is 7.16. The van der Waals surface area contributed by atoms with Crippen molar-refractivity contribution in [3.05, 3.63) is 75.5 Å². The highest BCUT2D eigenvalue weighted by atomic mass is 32.1. The number of esters is 1. The lowest BCUT2D eigenvalue weighted by atomic mass is 10.2. The molecule has 0 aliphatic heterocycles. The van der Waals surface area contributed by atoms with E-state index in [0.717, 1.165) is 0 Å². The highest BCUT2D eigenvalue weighted by Gasteiger charge is 2.15. The molecule has 0 radical (unpaired) electrons. The Labute approximate surface area is 168 Å². The Balaban J connectivity index is 1.61. The van der Waals surface area contributed by atoms with E-state index in [1.54, 1.807) is 37.3 Å². The van der Waals surface area contributed by atoms with E-state index < -0.39 is 5.97 Å². The summed E-state index contributed by atoms with van der Waals surface area (Å²) in [6.07, 6.45) is 2.90. The van der Waals surface area contributed by atoms with E-state index in [2.05, 4.69) is 10.1 Å². The summed E-state index contributed by atoms with van der Waals surface area (Å²) in [4.78, 5) is 29.7. The minimum atomic E-state index is -0.632. The topological polar surface area (TPSA) is 95.9 Å². The van der Waals surface area contributed by atoms with E-state index in [9.17, 15) is 9.59 Å². The van der Waals surface area contributed by atoms with Crippen molar-refractivity contribution in [3.63, 3.8) is 0 Å². The summed E-state index contributed by atoms with van der Waals surface area (Å²) in [5.74, 6) is 0.512. The van der Waals surface area contributed by atoms with E-state index in [-0.39, 0.29) is 17.1 Å². The quantitative estimate of drug-likeness (QED) is 0.285. The number of thiophene rings is 1. The van der Waals surface area contributed by atoms with Gasteiger partial charge in [-0.25, -0.2) is 9.78 Å². The number of aryl methyl sites for hydroxylation is 1. The van der Waals surface area contributed by atoms with Crippen molar-refractivity contribution in [2.24, 2.45) is 5.10 Å². The van der Waals surface area contributed by atoms with Crippen LogP contribution in [0.25, 0.3) is 10.2 Å². The average molecular weight is 409 g/mol. The molecule has 0 N–H and O–H groups in total. The van der Waals surface area contributed by atoms with Gasteiger partial charge in [-0.2, -0.15) is 9.78 Å². The zero-order chi connectivity index (χ0) is 20.4. The van der Waals surface area contributed by atoms with Gasteiger partial charge in [-0.1, -0.05) is 0 Å². The number of benzene rings is 1. The molecule has 0 aliphatic carbocycles. The number of ether oxygens (including phenoxy) is 2. The normalized spacial score (nSPS) is 11.2. The number of carbonyl (C=O) groups excluding carboxylic acids is 1. The van der Waals surface area contributed by atoms with Gasteiger partial charge in [0.1, 0.15) is 10.7 Å². The molecule has 0 unspecified atom stereocenters. The van der Waals surface area contributed by atoms with Crippen LogP contribution in [0.4, 0.5) is 0 Å². The van der Waals surface area contributed by atoms with Gasteiger partial charge >= 0.3 is 5.97 Å². The van der Waals surface area contributed by atoms with E-state index in [1.807, 2.05) is 5.38 Å². The third-order valence-electron chi connectivity index (χ3n) is 4.07. The monoisotopic (exact) mass is 409 g/mol. The van der Waals surface area contributed by atoms with Gasteiger partial charge in [0.25, 0.3) is 5.56 Å². The smallest absolute Gasteiger partial charge is 0.379 e. The fourth-order valence-electron chi connectivity index (χ4n) is 2.66. The van der Waals surface area contributed by atoms with Crippen molar-refractivity contribution in [3.8, 4) is 11.5 Å². The number of hydrogen-bond acceptors (Lipinski definition) is 8. The van der Waals surface area contributed by atoms with Gasteiger partial charge in [0.05, 0.1) is 25.0 Å². The van der Waals surface area contributed by atoms with Crippen molar-refractivity contribution in [1.82, 2.24) is 9.66 Å². The molecule has 3 heterocycles. The van der Waals surface area contributed by atoms with Crippen LogP contribution in [0.1, 0.15) is 21.9 Å². The summed E-state index contributed by atoms with van der Waals surface area (Å²) in [5.41, 5.74) is 0.414. The van der Waals surface area contributed by atoms with Crippen LogP contribution in [0, 0.1) is 6.92 Å². The van der Waals surface area contributed by atoms with Crippen molar-refractivity contribution in [2.75, 3.05) is 7.11 Å². The molecule has 1 aromatic carbocycles. The molecule has 0 fully saturated rings. The summed E-state index contributed by atoms with van der Waals surface area (Å²) in [7, 11) is 1.46. The van der Waals surface area contributed by atoms with E-state index in [0.29, 0.717) is 27.4 Å². The molecule has 0 bridgehead atoms. The molecule has 0 saturated heterocycles. The molecule has 0 amide bonds. The largest absolute Gasteiger partial charge is 0.493 e. The molecule has 9 heteroatoms. The Hall–Kier alpha value is -3.72. The minimum Gasteiger partial charge on any atom is -0.493 e. The van der Waals surface area contributed by atoms with Crippen LogP contribution in [0.3, 0.4) is 0 Å². The molecular formula is C20H15N3O5S. The Morgan fingerprint density at radius 1 is 1.28 bits per heavy atom. The first-order valence-corrected chi connectivity index (χ1v) is 9.39. The molecule has 8 nitrogen and oxygen atoms in total. The third kappa shape index (κ3) is 3.67. The Morgan fingerprint density at radius 2 is 2.14 bits per heavy atom. The minimum absolute atomic E-state index is 0.0869. The van der Waals surface area contributed by atoms with E-state index in [4.69, 9.17) is 13.9 Å². The van der Waals surface area contributed by atoms with Gasteiger partial charge in [-0.3, -0.25) is 4.79 Å². The average Bonchev–Trinajstić information content (AvgIpc) is 3.40. The van der Waals surface area contributed by atoms with Crippen molar-refractivity contribution in [1.29, 1.82) is 0 Å². The molecule has 29 heavy (non-hydrogen) atoms. The summed E-state index contributed by atoms with van der Waals surface area (Å²) >= 11 is 1.41. The number of aromatic nitrogens is 2. The number of nitrogens with zero attached hydrogens (tertiary/aromatic N) is 3. The summed E-state index contributed by atoms with van der Waals surface area (Å²) in [6.45, 7) is 1.72. The van der Waals surface area contributed by atoms with Crippen LogP contribution in [0.2, 0.25) is 0 Å². The first kappa shape index (κ1) is 18.6. The van der Waals surface area contributed by atoms with Gasteiger partial charge in [0.2, 0.25) is 5.76 Å². The second-order valence-electron chi connectivity index (χ2n) is 5.94. The van der Waals surface area contributed by atoms with E-state index in [1.165, 1.54) is 41.7 Å². The van der Waals surface area contributed by atoms with Crippen molar-refractivity contribution < 1.29 is 18.7 Å². The predicted molar refractivity (Wildman–Crippen MR) is 108 cm³/mol. The molecular weight excluding hydrogens is 394 g/mol. The van der Waals surface area contributed by atoms with Gasteiger partial charge < -0.3 is 13.9 Å². The molecule has 0 aliphatic rings. The molecule has 0 atom stereocenters. The molecule has 146 valence electrons. The van der Waals surface area contributed by atoms with Crippen LogP contribution in [-0.4, -0.2) is 29.0 Å². The molecule has 4 rings (SSSR count). The second kappa shape index (κ2) is 7.72. The van der Waals surface area contributed by atoms with Gasteiger partial charge in [0, 0.05) is 0 Å². The molecule has 0 spiro atoms. The van der Waals surface area contributed by atoms with Gasteiger partial charge in [0.15, 0.2) is 11.5 Å². The molecule has 0 saturated carbocycles. The summed E-state index contributed by atoms with van der Waals surface area (Å²) < 4.78 is 16.9. The number of methoxy groups -OCH3 is 1. The number of hydrogen-bond donors (Lipinski definition) is 0. The van der Waals surface area contributed by atoms with Gasteiger partial charge in [-0.15, -0.1) is 11.3 Å². The van der Waals surface area contributed by atoms with E-state index >= 15 is 0 Å². The number of fused-ring (bicyclic) bond motifs is 1. The van der Waals surface area contributed by atoms with Crippen molar-refractivity contribution in [2.45, 2.75) is 6.92 Å². The first-order chi connectivity index (χ1) is 14.1. The Morgan fingerprint density at radius 3 is 2.90 bits per heavy atom. The van der Waals surface area contributed by atoms with Crippen LogP contribution in [0.5, 0.6) is 11.5 Å². The predicted octanol–water partition coefficient (Wildman–Crippen LogP) is 3.47. The standard InChI is InChI=1S/C20H15N3O5S/c1-12-22-18-14(7-9-29-18)19(24)23(12)21-11-13-5-6-15(17(10-13)26-2)28-20(25)16-4-3-8-27-16/h3-11H,1-2H3. The number of furan rings is 1. The fourth-order valence-corrected chi connectivity index (χ4v) is 3.46.